The minimum Gasteiger partial charge on any atom is -0.323 e. The summed E-state index contributed by atoms with van der Waals surface area (Å²) in [6.45, 7) is 3.90. The normalized spacial score (nSPS) is 10.1. The SMILES string of the molecule is Cc1cccc(C)c1NC(=O)c1cnccc1NN. The summed E-state index contributed by atoms with van der Waals surface area (Å²) in [6, 6.07) is 7.51. The van der Waals surface area contributed by atoms with Gasteiger partial charge in [0.2, 0.25) is 0 Å². The van der Waals surface area contributed by atoms with Gasteiger partial charge in [-0.05, 0) is 31.0 Å². The second-order valence-electron chi connectivity index (χ2n) is 4.29. The van der Waals surface area contributed by atoms with E-state index in [1.807, 2.05) is 32.0 Å². The van der Waals surface area contributed by atoms with Crippen molar-refractivity contribution in [1.29, 1.82) is 0 Å². The monoisotopic (exact) mass is 256 g/mol. The molecule has 5 heteroatoms. The van der Waals surface area contributed by atoms with Gasteiger partial charge in [-0.15, -0.1) is 0 Å². The molecule has 1 aromatic carbocycles. The van der Waals surface area contributed by atoms with E-state index in [1.165, 1.54) is 6.20 Å². The Labute approximate surface area is 111 Å². The summed E-state index contributed by atoms with van der Waals surface area (Å²) in [5.74, 6) is 5.15. The number of nitrogens with two attached hydrogens (primary N) is 1. The quantitative estimate of drug-likeness (QED) is 0.581. The molecular weight excluding hydrogens is 240 g/mol. The maximum atomic E-state index is 12.3. The fourth-order valence-corrected chi connectivity index (χ4v) is 1.89. The summed E-state index contributed by atoms with van der Waals surface area (Å²) in [6.07, 6.45) is 3.06. The summed E-state index contributed by atoms with van der Waals surface area (Å²) in [5.41, 5.74) is 6.29. The molecule has 0 aliphatic heterocycles. The number of pyridine rings is 1. The second-order valence-corrected chi connectivity index (χ2v) is 4.29. The maximum Gasteiger partial charge on any atom is 0.259 e. The summed E-state index contributed by atoms with van der Waals surface area (Å²) < 4.78 is 0. The number of rotatable bonds is 3. The van der Waals surface area contributed by atoms with Gasteiger partial charge in [0.1, 0.15) is 0 Å². The molecule has 98 valence electrons. The van der Waals surface area contributed by atoms with Gasteiger partial charge in [-0.25, -0.2) is 0 Å². The minimum absolute atomic E-state index is 0.238. The van der Waals surface area contributed by atoms with Crippen LogP contribution in [0.2, 0.25) is 0 Å². The molecule has 0 spiro atoms. The number of nitrogens with one attached hydrogen (secondary N) is 2. The lowest BCUT2D eigenvalue weighted by Crippen LogP contribution is -2.18. The molecule has 5 nitrogen and oxygen atoms in total. The Morgan fingerprint density at radius 2 is 1.89 bits per heavy atom. The molecule has 2 aromatic rings. The maximum absolute atomic E-state index is 12.3. The molecule has 0 fully saturated rings. The molecule has 4 N–H and O–H groups in total. The number of hydrazine groups is 1. The molecule has 0 saturated carbocycles. The molecule has 0 unspecified atom stereocenters. The molecule has 0 atom stereocenters. The average molecular weight is 256 g/mol. The molecule has 0 aliphatic carbocycles. The Kier molecular flexibility index (Phi) is 3.77. The predicted octanol–water partition coefficient (Wildman–Crippen LogP) is 2.24. The Hall–Kier alpha value is -2.40. The predicted molar refractivity (Wildman–Crippen MR) is 75.9 cm³/mol. The minimum atomic E-state index is -0.238. The van der Waals surface area contributed by atoms with E-state index in [-0.39, 0.29) is 5.91 Å². The van der Waals surface area contributed by atoms with Crippen molar-refractivity contribution in [2.75, 3.05) is 10.7 Å². The van der Waals surface area contributed by atoms with E-state index in [4.69, 9.17) is 5.84 Å². The van der Waals surface area contributed by atoms with Gasteiger partial charge in [0.05, 0.1) is 11.3 Å². The van der Waals surface area contributed by atoms with Gasteiger partial charge in [-0.1, -0.05) is 18.2 Å². The summed E-state index contributed by atoms with van der Waals surface area (Å²) in [7, 11) is 0. The number of carbonyl (C=O) groups is 1. The van der Waals surface area contributed by atoms with E-state index >= 15 is 0 Å². The van der Waals surface area contributed by atoms with Gasteiger partial charge < -0.3 is 10.7 Å². The number of nitrogen functional groups attached to an aromatic ring is 1. The van der Waals surface area contributed by atoms with Crippen LogP contribution in [0.5, 0.6) is 0 Å². The van der Waals surface area contributed by atoms with Crippen molar-refractivity contribution in [3.05, 3.63) is 53.3 Å². The number of benzene rings is 1. The van der Waals surface area contributed by atoms with E-state index in [0.29, 0.717) is 11.3 Å². The van der Waals surface area contributed by atoms with Crippen LogP contribution in [0, 0.1) is 13.8 Å². The zero-order valence-corrected chi connectivity index (χ0v) is 10.9. The molecule has 19 heavy (non-hydrogen) atoms. The number of aryl methyl sites for hydroxylation is 2. The van der Waals surface area contributed by atoms with E-state index in [2.05, 4.69) is 15.7 Å². The van der Waals surface area contributed by atoms with E-state index in [0.717, 1.165) is 16.8 Å². The first-order valence-electron chi connectivity index (χ1n) is 5.91. The zero-order valence-electron chi connectivity index (χ0n) is 10.9. The van der Waals surface area contributed by atoms with Crippen LogP contribution in [-0.4, -0.2) is 10.9 Å². The van der Waals surface area contributed by atoms with E-state index < -0.39 is 0 Å². The number of anilines is 2. The third kappa shape index (κ3) is 2.71. The van der Waals surface area contributed by atoms with Crippen molar-refractivity contribution < 1.29 is 4.79 Å². The molecular formula is C14H16N4O. The van der Waals surface area contributed by atoms with Gasteiger partial charge in [-0.3, -0.25) is 15.6 Å². The Morgan fingerprint density at radius 1 is 1.21 bits per heavy atom. The Morgan fingerprint density at radius 3 is 2.53 bits per heavy atom. The largest absolute Gasteiger partial charge is 0.323 e. The molecule has 0 radical (unpaired) electrons. The lowest BCUT2D eigenvalue weighted by molar-refractivity contribution is 0.102. The number of hydrogen-bond acceptors (Lipinski definition) is 4. The Balaban J connectivity index is 2.31. The summed E-state index contributed by atoms with van der Waals surface area (Å²) in [5, 5.41) is 2.89. The lowest BCUT2D eigenvalue weighted by atomic mass is 10.1. The first kappa shape index (κ1) is 13.0. The van der Waals surface area contributed by atoms with Crippen molar-refractivity contribution >= 4 is 17.3 Å². The van der Waals surface area contributed by atoms with Crippen LogP contribution < -0.4 is 16.6 Å². The number of hydrogen-bond donors (Lipinski definition) is 3. The average Bonchev–Trinajstić information content (AvgIpc) is 2.42. The molecule has 1 aromatic heterocycles. The van der Waals surface area contributed by atoms with Gasteiger partial charge in [-0.2, -0.15) is 0 Å². The highest BCUT2D eigenvalue weighted by Crippen LogP contribution is 2.21. The van der Waals surface area contributed by atoms with Crippen LogP contribution in [0.3, 0.4) is 0 Å². The number of para-hydroxylation sites is 1. The number of aromatic nitrogens is 1. The summed E-state index contributed by atoms with van der Waals surface area (Å²) >= 11 is 0. The molecule has 1 amide bonds. The number of nitrogens with zero attached hydrogens (tertiary/aromatic N) is 1. The highest BCUT2D eigenvalue weighted by Gasteiger charge is 2.13. The third-order valence-electron chi connectivity index (χ3n) is 2.94. The number of amides is 1. The summed E-state index contributed by atoms with van der Waals surface area (Å²) in [4.78, 5) is 16.2. The third-order valence-corrected chi connectivity index (χ3v) is 2.94. The highest BCUT2D eigenvalue weighted by atomic mass is 16.1. The van der Waals surface area contributed by atoms with Gasteiger partial charge in [0.15, 0.2) is 0 Å². The van der Waals surface area contributed by atoms with Crippen molar-refractivity contribution in [2.24, 2.45) is 5.84 Å². The van der Waals surface area contributed by atoms with Crippen molar-refractivity contribution in [3.63, 3.8) is 0 Å². The zero-order chi connectivity index (χ0) is 13.8. The van der Waals surface area contributed by atoms with Crippen LogP contribution >= 0.6 is 0 Å². The molecule has 1 heterocycles. The highest BCUT2D eigenvalue weighted by molar-refractivity contribution is 6.08. The van der Waals surface area contributed by atoms with Crippen molar-refractivity contribution in [3.8, 4) is 0 Å². The van der Waals surface area contributed by atoms with Crippen LogP contribution in [0.25, 0.3) is 0 Å². The first-order chi connectivity index (χ1) is 9.13. The molecule has 0 saturated heterocycles. The standard InChI is InChI=1S/C14H16N4O/c1-9-4-3-5-10(2)13(9)17-14(19)11-8-16-7-6-12(11)18-15/h3-8H,15H2,1-2H3,(H,16,18)(H,17,19). The molecule has 0 bridgehead atoms. The molecule has 2 rings (SSSR count). The van der Waals surface area contributed by atoms with Crippen LogP contribution in [0.4, 0.5) is 11.4 Å². The van der Waals surface area contributed by atoms with Gasteiger partial charge in [0, 0.05) is 18.1 Å². The fourth-order valence-electron chi connectivity index (χ4n) is 1.89. The van der Waals surface area contributed by atoms with Gasteiger partial charge in [0.25, 0.3) is 5.91 Å². The van der Waals surface area contributed by atoms with Crippen molar-refractivity contribution in [2.45, 2.75) is 13.8 Å². The van der Waals surface area contributed by atoms with Crippen LogP contribution in [0.15, 0.2) is 36.7 Å². The second kappa shape index (κ2) is 5.49. The fraction of sp³-hybridized carbons (Fsp3) is 0.143. The topological polar surface area (TPSA) is 80.0 Å². The van der Waals surface area contributed by atoms with Gasteiger partial charge >= 0.3 is 0 Å². The van der Waals surface area contributed by atoms with Crippen molar-refractivity contribution in [1.82, 2.24) is 4.98 Å². The van der Waals surface area contributed by atoms with E-state index in [1.54, 1.807) is 12.3 Å². The Bertz CT molecular complexity index is 590. The first-order valence-corrected chi connectivity index (χ1v) is 5.91. The number of carbonyl (C=O) groups excluding carboxylic acids is 1. The van der Waals surface area contributed by atoms with Crippen LogP contribution in [0.1, 0.15) is 21.5 Å². The molecule has 0 aliphatic rings. The van der Waals surface area contributed by atoms with E-state index in [9.17, 15) is 4.79 Å². The lowest BCUT2D eigenvalue weighted by Gasteiger charge is -2.13. The smallest absolute Gasteiger partial charge is 0.259 e. The van der Waals surface area contributed by atoms with Crippen LogP contribution in [-0.2, 0) is 0 Å².